The third kappa shape index (κ3) is 5.52. The maximum Gasteiger partial charge on any atom is 0.252 e. The maximum atomic E-state index is 13.3. The molecule has 0 atom stereocenters. The van der Waals surface area contributed by atoms with Crippen LogP contribution in [-0.4, -0.2) is 12.5 Å². The first kappa shape index (κ1) is 28.7. The van der Waals surface area contributed by atoms with Crippen molar-refractivity contribution in [3.63, 3.8) is 0 Å². The molecule has 0 saturated heterocycles. The Morgan fingerprint density at radius 2 is 1.50 bits per heavy atom. The second-order valence-electron chi connectivity index (χ2n) is 11.2. The topological polar surface area (TPSA) is 66.6 Å². The van der Waals surface area contributed by atoms with Crippen LogP contribution in [0.5, 0.6) is 0 Å². The minimum Gasteiger partial charge on any atom is -0.456 e. The van der Waals surface area contributed by atoms with Gasteiger partial charge in [-0.15, -0.1) is 6.58 Å². The zero-order valence-corrected chi connectivity index (χ0v) is 25.5. The molecule has 4 aromatic rings. The molecule has 44 heavy (non-hydrogen) atoms. The molecule has 2 aliphatic rings. The Bertz CT molecular complexity index is 2050. The third-order valence-electron chi connectivity index (χ3n) is 7.98. The minimum absolute atomic E-state index is 0.155. The maximum absolute atomic E-state index is 13.3. The van der Waals surface area contributed by atoms with E-state index in [1.807, 2.05) is 54.6 Å². The summed E-state index contributed by atoms with van der Waals surface area (Å²) in [6.45, 7) is 12.5. The van der Waals surface area contributed by atoms with Crippen LogP contribution in [0.2, 0.25) is 0 Å². The van der Waals surface area contributed by atoms with Crippen molar-refractivity contribution in [3.8, 4) is 22.5 Å². The number of amides is 1. The number of hydrogen-bond donors (Lipinski definition) is 2. The molecule has 6 rings (SSSR count). The summed E-state index contributed by atoms with van der Waals surface area (Å²) in [4.78, 5) is 18.3. The van der Waals surface area contributed by atoms with Gasteiger partial charge in [-0.1, -0.05) is 60.7 Å². The molecule has 5 heteroatoms. The summed E-state index contributed by atoms with van der Waals surface area (Å²) in [6.07, 6.45) is 1.68. The average molecular weight is 578 g/mol. The van der Waals surface area contributed by atoms with Gasteiger partial charge in [0.25, 0.3) is 5.91 Å². The Morgan fingerprint density at radius 1 is 0.795 bits per heavy atom. The van der Waals surface area contributed by atoms with Crippen LogP contribution in [0.3, 0.4) is 0 Å². The van der Waals surface area contributed by atoms with Gasteiger partial charge in [-0.3, -0.25) is 4.79 Å². The van der Waals surface area contributed by atoms with E-state index in [1.54, 1.807) is 6.08 Å². The van der Waals surface area contributed by atoms with Crippen molar-refractivity contribution in [2.75, 3.05) is 11.9 Å². The van der Waals surface area contributed by atoms with Crippen molar-refractivity contribution in [1.29, 1.82) is 0 Å². The van der Waals surface area contributed by atoms with E-state index in [1.165, 1.54) is 11.1 Å². The van der Waals surface area contributed by atoms with Crippen LogP contribution in [0.25, 0.3) is 33.4 Å². The van der Waals surface area contributed by atoms with Crippen LogP contribution in [0.15, 0.2) is 119 Å². The summed E-state index contributed by atoms with van der Waals surface area (Å²) in [5.74, 6) is 0.531. The molecule has 0 spiro atoms. The standard InChI is InChI=1S/C39H35N3O2/c1-6-21-40-39(43)31-16-8-7-15-30(31)36-32-19-17-28(41-37-24(2)11-9-12-25(37)3)22-34(32)44-35-23-29(18-20-33(35)36)42-38-26(4)13-10-14-27(38)5/h6-20,22-23,41H,1,21H2,2-5H3,(H,40,43). The predicted octanol–water partition coefficient (Wildman–Crippen LogP) is 9.33. The van der Waals surface area contributed by atoms with E-state index in [0.717, 1.165) is 55.6 Å². The van der Waals surface area contributed by atoms with Gasteiger partial charge in [0.15, 0.2) is 0 Å². The first-order chi connectivity index (χ1) is 21.3. The third-order valence-corrected chi connectivity index (χ3v) is 7.98. The van der Waals surface area contributed by atoms with E-state index >= 15 is 0 Å². The number of fused-ring (bicyclic) bond motifs is 2. The van der Waals surface area contributed by atoms with E-state index in [4.69, 9.17) is 9.41 Å². The number of carbonyl (C=O) groups is 1. The van der Waals surface area contributed by atoms with Gasteiger partial charge in [-0.2, -0.15) is 0 Å². The van der Waals surface area contributed by atoms with E-state index in [2.05, 4.69) is 87.4 Å². The van der Waals surface area contributed by atoms with Gasteiger partial charge in [0.1, 0.15) is 11.3 Å². The highest BCUT2D eigenvalue weighted by Crippen LogP contribution is 2.42. The minimum atomic E-state index is -0.155. The number of para-hydroxylation sites is 2. The molecule has 1 heterocycles. The number of anilines is 2. The van der Waals surface area contributed by atoms with Crippen LogP contribution in [0.1, 0.15) is 32.6 Å². The molecule has 1 amide bonds. The molecule has 0 saturated carbocycles. The van der Waals surface area contributed by atoms with E-state index in [9.17, 15) is 4.79 Å². The molecule has 0 fully saturated rings. The van der Waals surface area contributed by atoms with E-state index in [0.29, 0.717) is 23.5 Å². The lowest BCUT2D eigenvalue weighted by atomic mass is 9.90. The van der Waals surface area contributed by atoms with Gasteiger partial charge in [-0.05, 0) is 85.8 Å². The predicted molar refractivity (Wildman–Crippen MR) is 181 cm³/mol. The molecule has 1 aliphatic carbocycles. The number of rotatable bonds is 7. The lowest BCUT2D eigenvalue weighted by Gasteiger charge is -2.19. The summed E-state index contributed by atoms with van der Waals surface area (Å²) < 4.78 is 6.64. The number of nitrogens with one attached hydrogen (secondary N) is 2. The number of benzene rings is 5. The SMILES string of the molecule is C=CCNC(=O)c1ccccc1-c1c2ccc(=Nc3c(C)cccc3C)cc-2oc2cc(Nc3c(C)cccc3C)ccc12. The zero-order chi connectivity index (χ0) is 30.8. The second kappa shape index (κ2) is 12.1. The Hall–Kier alpha value is -5.42. The highest BCUT2D eigenvalue weighted by Gasteiger charge is 2.22. The van der Waals surface area contributed by atoms with Gasteiger partial charge in [-0.25, -0.2) is 4.99 Å². The van der Waals surface area contributed by atoms with Crippen molar-refractivity contribution in [2.45, 2.75) is 27.7 Å². The quantitative estimate of drug-likeness (QED) is 0.147. The fourth-order valence-electron chi connectivity index (χ4n) is 5.74. The van der Waals surface area contributed by atoms with Gasteiger partial charge in [0.05, 0.1) is 11.0 Å². The van der Waals surface area contributed by atoms with Crippen LogP contribution in [0.4, 0.5) is 17.1 Å². The summed E-state index contributed by atoms with van der Waals surface area (Å²) in [7, 11) is 0. The molecule has 2 N–H and O–H groups in total. The molecular weight excluding hydrogens is 542 g/mol. The van der Waals surface area contributed by atoms with Gasteiger partial charge < -0.3 is 15.1 Å². The van der Waals surface area contributed by atoms with Crippen LogP contribution < -0.4 is 16.0 Å². The molecule has 218 valence electrons. The Balaban J connectivity index is 1.60. The van der Waals surface area contributed by atoms with Gasteiger partial charge in [0.2, 0.25) is 0 Å². The molecule has 4 aromatic carbocycles. The highest BCUT2D eigenvalue weighted by atomic mass is 16.3. The van der Waals surface area contributed by atoms with Crippen molar-refractivity contribution in [3.05, 3.63) is 143 Å². The van der Waals surface area contributed by atoms with Crippen molar-refractivity contribution in [2.24, 2.45) is 4.99 Å². The fourth-order valence-corrected chi connectivity index (χ4v) is 5.74. The molecule has 0 unspecified atom stereocenters. The molecule has 0 aromatic heterocycles. The van der Waals surface area contributed by atoms with Gasteiger partial charge >= 0.3 is 0 Å². The Kier molecular flexibility index (Phi) is 7.86. The highest BCUT2D eigenvalue weighted by molar-refractivity contribution is 6.09. The molecule has 0 radical (unpaired) electrons. The first-order valence-corrected chi connectivity index (χ1v) is 14.8. The Morgan fingerprint density at radius 3 is 2.23 bits per heavy atom. The molecule has 1 aliphatic heterocycles. The van der Waals surface area contributed by atoms with Gasteiger partial charge in [0, 0.05) is 52.1 Å². The van der Waals surface area contributed by atoms with E-state index in [-0.39, 0.29) is 5.91 Å². The molecular formula is C39H35N3O2. The smallest absolute Gasteiger partial charge is 0.252 e. The zero-order valence-electron chi connectivity index (χ0n) is 25.5. The summed E-state index contributed by atoms with van der Waals surface area (Å²) in [5, 5.41) is 8.25. The van der Waals surface area contributed by atoms with Crippen LogP contribution >= 0.6 is 0 Å². The van der Waals surface area contributed by atoms with E-state index < -0.39 is 0 Å². The largest absolute Gasteiger partial charge is 0.456 e. The summed E-state index contributed by atoms with van der Waals surface area (Å²) in [6, 6.07) is 32.3. The Labute approximate surface area is 258 Å². The number of aryl methyl sites for hydroxylation is 4. The number of carbonyl (C=O) groups excluding carboxylic acids is 1. The lowest BCUT2D eigenvalue weighted by Crippen LogP contribution is -2.23. The molecule has 5 nitrogen and oxygen atoms in total. The summed E-state index contributed by atoms with van der Waals surface area (Å²) in [5.41, 5.74) is 11.5. The number of hydrogen-bond acceptors (Lipinski definition) is 4. The van der Waals surface area contributed by atoms with Crippen molar-refractivity contribution < 1.29 is 9.21 Å². The fraction of sp³-hybridized carbons (Fsp3) is 0.128. The van der Waals surface area contributed by atoms with Crippen LogP contribution in [-0.2, 0) is 0 Å². The van der Waals surface area contributed by atoms with Crippen molar-refractivity contribution >= 4 is 33.9 Å². The second-order valence-corrected chi connectivity index (χ2v) is 11.2. The molecule has 0 bridgehead atoms. The average Bonchev–Trinajstić information content (AvgIpc) is 3.02. The lowest BCUT2D eigenvalue weighted by molar-refractivity contribution is 0.0958. The van der Waals surface area contributed by atoms with Crippen molar-refractivity contribution in [1.82, 2.24) is 5.32 Å². The summed E-state index contributed by atoms with van der Waals surface area (Å²) >= 11 is 0. The first-order valence-electron chi connectivity index (χ1n) is 14.8. The normalized spacial score (nSPS) is 11.6. The van der Waals surface area contributed by atoms with Crippen LogP contribution in [0, 0.1) is 27.7 Å². The number of nitrogens with zero attached hydrogens (tertiary/aromatic N) is 1. The monoisotopic (exact) mass is 577 g/mol.